The summed E-state index contributed by atoms with van der Waals surface area (Å²) in [5.74, 6) is -1.23. The molecule has 2 aromatic carbocycles. The van der Waals surface area contributed by atoms with Crippen molar-refractivity contribution in [3.8, 4) is 0 Å². The highest BCUT2D eigenvalue weighted by atomic mass is 35.5. The van der Waals surface area contributed by atoms with Crippen molar-refractivity contribution in [2.24, 2.45) is 5.41 Å². The molecule has 3 rings (SSSR count). The van der Waals surface area contributed by atoms with Gasteiger partial charge in [0.1, 0.15) is 5.82 Å². The molecular formula is C30H43Cl2FN4O2S. The van der Waals surface area contributed by atoms with E-state index >= 15 is 0 Å². The first-order chi connectivity index (χ1) is 18.8. The van der Waals surface area contributed by atoms with Crippen molar-refractivity contribution < 1.29 is 14.0 Å². The normalized spacial score (nSPS) is 18.6. The van der Waals surface area contributed by atoms with E-state index in [1.165, 1.54) is 6.07 Å². The molecule has 40 heavy (non-hydrogen) atoms. The van der Waals surface area contributed by atoms with E-state index < -0.39 is 17.8 Å². The summed E-state index contributed by atoms with van der Waals surface area (Å²) in [5, 5.41) is 9.58. The van der Waals surface area contributed by atoms with Crippen LogP contribution in [0.15, 0.2) is 36.4 Å². The van der Waals surface area contributed by atoms with Gasteiger partial charge < -0.3 is 16.0 Å². The van der Waals surface area contributed by atoms with E-state index in [0.29, 0.717) is 34.1 Å². The highest BCUT2D eigenvalue weighted by Crippen LogP contribution is 2.29. The molecule has 2 amide bonds. The van der Waals surface area contributed by atoms with E-state index in [1.54, 1.807) is 49.2 Å². The van der Waals surface area contributed by atoms with Crippen LogP contribution in [0.2, 0.25) is 10.0 Å². The first-order valence-electron chi connectivity index (χ1n) is 13.6. The monoisotopic (exact) mass is 612 g/mol. The van der Waals surface area contributed by atoms with Gasteiger partial charge in [-0.2, -0.15) is 0 Å². The number of benzene rings is 2. The Morgan fingerprint density at radius 2 is 1.73 bits per heavy atom. The number of carbonyl (C=O) groups excluding carboxylic acids is 2. The highest BCUT2D eigenvalue weighted by Gasteiger charge is 2.31. The van der Waals surface area contributed by atoms with Gasteiger partial charge in [-0.15, -0.1) is 0 Å². The largest absolute Gasteiger partial charge is 0.352 e. The molecule has 1 aliphatic carbocycles. The molecule has 1 unspecified atom stereocenters. The molecule has 222 valence electrons. The van der Waals surface area contributed by atoms with Gasteiger partial charge >= 0.3 is 0 Å². The second-order valence-electron chi connectivity index (χ2n) is 11.7. The molecule has 1 fully saturated rings. The first kappa shape index (κ1) is 34.4. The number of carbonyl (C=O) groups is 2. The number of rotatable bonds is 11. The minimum atomic E-state index is -0.732. The van der Waals surface area contributed by atoms with E-state index in [-0.39, 0.29) is 23.5 Å². The van der Waals surface area contributed by atoms with Crippen LogP contribution in [0.1, 0.15) is 77.3 Å². The Labute approximate surface area is 253 Å². The van der Waals surface area contributed by atoms with Crippen molar-refractivity contribution in [2.75, 3.05) is 11.6 Å². The molecule has 0 radical (unpaired) electrons. The number of nitrogens with one attached hydrogen (secondary N) is 4. The van der Waals surface area contributed by atoms with Crippen LogP contribution in [0.5, 0.6) is 0 Å². The molecule has 1 saturated carbocycles. The van der Waals surface area contributed by atoms with Gasteiger partial charge in [0.25, 0.3) is 0 Å². The van der Waals surface area contributed by atoms with E-state index in [9.17, 15) is 14.0 Å². The van der Waals surface area contributed by atoms with E-state index in [0.717, 1.165) is 31.2 Å². The van der Waals surface area contributed by atoms with Gasteiger partial charge in [0.05, 0.1) is 11.1 Å². The smallest absolute Gasteiger partial charge is 0.237 e. The lowest BCUT2D eigenvalue weighted by Crippen LogP contribution is -2.51. The van der Waals surface area contributed by atoms with Crippen molar-refractivity contribution in [1.29, 1.82) is 0 Å². The average Bonchev–Trinajstić information content (AvgIpc) is 2.87. The first-order valence-corrected chi connectivity index (χ1v) is 15.6. The molecule has 0 saturated heterocycles. The lowest BCUT2D eigenvalue weighted by molar-refractivity contribution is -0.124. The molecular weight excluding hydrogens is 570 g/mol. The molecule has 0 aromatic heterocycles. The quantitative estimate of drug-likeness (QED) is 0.158. The van der Waals surface area contributed by atoms with Crippen molar-refractivity contribution in [1.82, 2.24) is 15.4 Å². The molecule has 2 aromatic rings. The van der Waals surface area contributed by atoms with Gasteiger partial charge in [-0.25, -0.2) is 4.39 Å². The molecule has 10 heteroatoms. The van der Waals surface area contributed by atoms with E-state index in [1.807, 2.05) is 6.26 Å². The lowest BCUT2D eigenvalue weighted by Gasteiger charge is -2.32. The van der Waals surface area contributed by atoms with Gasteiger partial charge in [-0.1, -0.05) is 88.0 Å². The maximum atomic E-state index is 14.9. The summed E-state index contributed by atoms with van der Waals surface area (Å²) in [6, 6.07) is 9.72. The molecule has 2 atom stereocenters. The van der Waals surface area contributed by atoms with Crippen LogP contribution in [0, 0.1) is 11.2 Å². The zero-order valence-electron chi connectivity index (χ0n) is 24.2. The van der Waals surface area contributed by atoms with Gasteiger partial charge in [0.15, 0.2) is 0 Å². The number of hydrogen-bond donors (Lipinski definition) is 4. The number of anilines is 1. The van der Waals surface area contributed by atoms with Crippen LogP contribution in [0.25, 0.3) is 0 Å². The predicted octanol–water partition coefficient (Wildman–Crippen LogP) is 7.31. The summed E-state index contributed by atoms with van der Waals surface area (Å²) < 4.78 is 18.2. The minimum Gasteiger partial charge on any atom is -0.352 e. The third kappa shape index (κ3) is 11.6. The Balaban J connectivity index is 0.00000103. The predicted molar refractivity (Wildman–Crippen MR) is 168 cm³/mol. The topological polar surface area (TPSA) is 82.3 Å². The average molecular weight is 614 g/mol. The summed E-state index contributed by atoms with van der Waals surface area (Å²) in [6.45, 7) is 10.8. The summed E-state index contributed by atoms with van der Waals surface area (Å²) in [7, 11) is 0. The second kappa shape index (κ2) is 16.6. The summed E-state index contributed by atoms with van der Waals surface area (Å²) >= 11 is 13.7. The van der Waals surface area contributed by atoms with Crippen molar-refractivity contribution in [3.63, 3.8) is 0 Å². The number of amides is 2. The van der Waals surface area contributed by atoms with Crippen LogP contribution in [0.3, 0.4) is 0 Å². The van der Waals surface area contributed by atoms with Crippen LogP contribution in [-0.2, 0) is 16.1 Å². The van der Waals surface area contributed by atoms with Gasteiger partial charge in [0.2, 0.25) is 12.3 Å². The van der Waals surface area contributed by atoms with Gasteiger partial charge in [-0.3, -0.25) is 14.3 Å². The Hall–Kier alpha value is -1.84. The van der Waals surface area contributed by atoms with Gasteiger partial charge in [0, 0.05) is 35.3 Å². The van der Waals surface area contributed by atoms with E-state index in [4.69, 9.17) is 23.2 Å². The standard InChI is InChI=1S/C25H31Cl2FN4O2S.C5H12/c1-15(20-4-3-5-21(27)23(20)28)24(25(34)31-18-8-10-19(11-9-18)32-35-2)29-13-16-6-7-17(26)12-22(16)30-14-33;1-5(2,3)4/h3-7,12,14-15,18-19,24,29,32H,8-11,13H2,1-2H3,(H,30,33)(H,31,34);1-4H3/t15?,18?,19?,24-;/m1./s1. The molecule has 6 nitrogen and oxygen atoms in total. The van der Waals surface area contributed by atoms with Crippen LogP contribution < -0.4 is 20.7 Å². The van der Waals surface area contributed by atoms with Crippen molar-refractivity contribution in [2.45, 2.75) is 90.9 Å². The lowest BCUT2D eigenvalue weighted by atomic mass is 9.89. The van der Waals surface area contributed by atoms with Crippen LogP contribution in [0.4, 0.5) is 10.1 Å². The van der Waals surface area contributed by atoms with Gasteiger partial charge in [-0.05, 0) is 66.7 Å². The Kier molecular flexibility index (Phi) is 14.2. The second-order valence-corrected chi connectivity index (χ2v) is 13.2. The Morgan fingerprint density at radius 3 is 2.33 bits per heavy atom. The maximum absolute atomic E-state index is 14.9. The number of halogens is 3. The Morgan fingerprint density at radius 1 is 1.10 bits per heavy atom. The molecule has 0 aliphatic heterocycles. The maximum Gasteiger partial charge on any atom is 0.237 e. The third-order valence-corrected chi connectivity index (χ3v) is 7.51. The third-order valence-electron chi connectivity index (χ3n) is 6.41. The summed E-state index contributed by atoms with van der Waals surface area (Å²) in [5.41, 5.74) is 2.16. The zero-order valence-corrected chi connectivity index (χ0v) is 26.6. The Bertz CT molecular complexity index is 1100. The molecule has 1 aliphatic rings. The highest BCUT2D eigenvalue weighted by molar-refractivity contribution is 7.96. The number of hydrogen-bond acceptors (Lipinski definition) is 5. The van der Waals surface area contributed by atoms with Crippen LogP contribution in [-0.4, -0.2) is 36.7 Å². The van der Waals surface area contributed by atoms with Crippen molar-refractivity contribution in [3.05, 3.63) is 63.4 Å². The fraction of sp³-hybridized carbons (Fsp3) is 0.533. The molecule has 0 bridgehead atoms. The SMILES string of the molecule is CC(C)(C)C.CSNC1CCC(NC(=O)[C@H](NCc2ccc(Cl)cc2NC=O)C(C)c2cccc(Cl)c2F)CC1. The minimum absolute atomic E-state index is 0.0169. The molecule has 4 N–H and O–H groups in total. The fourth-order valence-corrected chi connectivity index (χ4v) is 5.41. The molecule has 0 heterocycles. The molecule has 0 spiro atoms. The van der Waals surface area contributed by atoms with Crippen LogP contribution >= 0.6 is 35.1 Å². The zero-order chi connectivity index (χ0) is 29.9. The van der Waals surface area contributed by atoms with E-state index in [2.05, 4.69) is 48.4 Å². The van der Waals surface area contributed by atoms with Crippen molar-refractivity contribution >= 4 is 53.2 Å². The summed E-state index contributed by atoms with van der Waals surface area (Å²) in [4.78, 5) is 24.5. The summed E-state index contributed by atoms with van der Waals surface area (Å²) in [6.07, 6.45) is 6.30. The fourth-order valence-electron chi connectivity index (χ4n) is 4.48.